The number of halogens is 1. The first-order chi connectivity index (χ1) is 12.0. The van der Waals surface area contributed by atoms with E-state index in [4.69, 9.17) is 16.6 Å². The van der Waals surface area contributed by atoms with Gasteiger partial charge in [-0.2, -0.15) is 4.98 Å². The second-order valence-electron chi connectivity index (χ2n) is 6.68. The summed E-state index contributed by atoms with van der Waals surface area (Å²) in [6, 6.07) is 6.11. The van der Waals surface area contributed by atoms with Crippen LogP contribution < -0.4 is 10.2 Å². The van der Waals surface area contributed by atoms with Gasteiger partial charge in [-0.15, -0.1) is 0 Å². The number of rotatable bonds is 4. The largest absolute Gasteiger partial charge is 0.354 e. The van der Waals surface area contributed by atoms with Crippen molar-refractivity contribution >= 4 is 29.1 Å². The van der Waals surface area contributed by atoms with Crippen LogP contribution in [0.1, 0.15) is 23.7 Å². The van der Waals surface area contributed by atoms with E-state index in [2.05, 4.69) is 39.2 Å². The molecule has 1 fully saturated rings. The first-order valence-corrected chi connectivity index (χ1v) is 9.21. The van der Waals surface area contributed by atoms with E-state index in [1.807, 2.05) is 26.8 Å². The highest BCUT2D eigenvalue weighted by molar-refractivity contribution is 6.33. The fourth-order valence-corrected chi connectivity index (χ4v) is 3.62. The number of aryl methyl sites for hydroxylation is 3. The van der Waals surface area contributed by atoms with Gasteiger partial charge in [-0.1, -0.05) is 24.6 Å². The summed E-state index contributed by atoms with van der Waals surface area (Å²) in [5, 5.41) is 4.01. The molecule has 2 heterocycles. The third kappa shape index (κ3) is 4.22. The van der Waals surface area contributed by atoms with Crippen molar-refractivity contribution < 1.29 is 0 Å². The van der Waals surface area contributed by atoms with Gasteiger partial charge in [-0.05, 0) is 44.5 Å². The second-order valence-corrected chi connectivity index (χ2v) is 7.08. The predicted octanol–water partition coefficient (Wildman–Crippen LogP) is 3.94. The van der Waals surface area contributed by atoms with Gasteiger partial charge in [-0.25, -0.2) is 4.98 Å². The summed E-state index contributed by atoms with van der Waals surface area (Å²) < 4.78 is 0. The van der Waals surface area contributed by atoms with Crippen LogP contribution in [-0.2, 0) is 0 Å². The smallest absolute Gasteiger partial charge is 0.229 e. The van der Waals surface area contributed by atoms with Crippen LogP contribution in [-0.4, -0.2) is 47.6 Å². The van der Waals surface area contributed by atoms with Crippen LogP contribution in [0.2, 0.25) is 5.02 Å². The molecule has 0 bridgehead atoms. The maximum atomic E-state index is 6.41. The molecule has 3 rings (SSSR count). The minimum atomic E-state index is 0.599. The summed E-state index contributed by atoms with van der Waals surface area (Å²) >= 11 is 6.41. The van der Waals surface area contributed by atoms with Crippen molar-refractivity contribution in [2.24, 2.45) is 0 Å². The van der Waals surface area contributed by atoms with Crippen molar-refractivity contribution in [2.45, 2.75) is 27.7 Å². The molecule has 1 aliphatic heterocycles. The van der Waals surface area contributed by atoms with Crippen molar-refractivity contribution in [1.82, 2.24) is 14.9 Å². The Morgan fingerprint density at radius 1 is 1.04 bits per heavy atom. The Morgan fingerprint density at radius 3 is 2.40 bits per heavy atom. The Bertz CT molecular complexity index is 730. The summed E-state index contributed by atoms with van der Waals surface area (Å²) in [6.45, 7) is 13.5. The van der Waals surface area contributed by atoms with E-state index in [-0.39, 0.29) is 0 Å². The second kappa shape index (κ2) is 7.58. The third-order valence-electron chi connectivity index (χ3n) is 4.65. The molecule has 0 atom stereocenters. The van der Waals surface area contributed by atoms with Crippen LogP contribution in [0.15, 0.2) is 18.2 Å². The van der Waals surface area contributed by atoms with E-state index in [9.17, 15) is 0 Å². The number of likely N-dealkylation sites (N-methyl/N-ethyl adjacent to an activating group) is 1. The summed E-state index contributed by atoms with van der Waals surface area (Å²) in [4.78, 5) is 14.1. The molecule has 0 aliphatic carbocycles. The Balaban J connectivity index is 1.83. The highest BCUT2D eigenvalue weighted by atomic mass is 35.5. The molecule has 1 saturated heterocycles. The van der Waals surface area contributed by atoms with Gasteiger partial charge >= 0.3 is 0 Å². The van der Waals surface area contributed by atoms with Crippen molar-refractivity contribution in [1.29, 1.82) is 0 Å². The quantitative estimate of drug-likeness (QED) is 0.895. The number of anilines is 3. The fraction of sp³-hybridized carbons (Fsp3) is 0.474. The first kappa shape index (κ1) is 18.0. The van der Waals surface area contributed by atoms with Crippen molar-refractivity contribution in [3.63, 3.8) is 0 Å². The average molecular weight is 360 g/mol. The Morgan fingerprint density at radius 2 is 1.76 bits per heavy atom. The normalized spacial score (nSPS) is 15.5. The molecule has 0 saturated carbocycles. The minimum absolute atomic E-state index is 0.599. The van der Waals surface area contributed by atoms with Gasteiger partial charge in [0.2, 0.25) is 5.95 Å². The summed E-state index contributed by atoms with van der Waals surface area (Å²) in [5.41, 5.74) is 4.06. The number of aromatic nitrogens is 2. The number of benzene rings is 1. The Kier molecular flexibility index (Phi) is 5.45. The van der Waals surface area contributed by atoms with Gasteiger partial charge in [0.1, 0.15) is 5.82 Å². The predicted molar refractivity (Wildman–Crippen MR) is 105 cm³/mol. The highest BCUT2D eigenvalue weighted by Gasteiger charge is 2.18. The molecule has 0 amide bonds. The van der Waals surface area contributed by atoms with E-state index in [0.717, 1.165) is 61.0 Å². The maximum absolute atomic E-state index is 6.41. The van der Waals surface area contributed by atoms with E-state index >= 15 is 0 Å². The zero-order valence-corrected chi connectivity index (χ0v) is 16.2. The molecule has 2 aromatic rings. The number of hydrogen-bond donors (Lipinski definition) is 1. The molecule has 1 aromatic heterocycles. The number of nitrogens with zero attached hydrogens (tertiary/aromatic N) is 4. The SMILES string of the molecule is CCN1CCN(c2cc(C)nc(Nc3c(C)cc(C)cc3Cl)n2)CC1. The van der Waals surface area contributed by atoms with Gasteiger partial charge in [-0.3, -0.25) is 0 Å². The van der Waals surface area contributed by atoms with Gasteiger partial charge in [0.25, 0.3) is 0 Å². The topological polar surface area (TPSA) is 44.3 Å². The number of nitrogens with one attached hydrogen (secondary N) is 1. The minimum Gasteiger partial charge on any atom is -0.354 e. The van der Waals surface area contributed by atoms with Crippen LogP contribution in [0.4, 0.5) is 17.5 Å². The van der Waals surface area contributed by atoms with Crippen LogP contribution in [0.3, 0.4) is 0 Å². The van der Waals surface area contributed by atoms with Crippen molar-refractivity contribution in [3.05, 3.63) is 40.0 Å². The van der Waals surface area contributed by atoms with Crippen LogP contribution >= 0.6 is 11.6 Å². The van der Waals surface area contributed by atoms with Crippen LogP contribution in [0.25, 0.3) is 0 Å². The lowest BCUT2D eigenvalue weighted by Gasteiger charge is -2.34. The van der Waals surface area contributed by atoms with Gasteiger partial charge in [0.15, 0.2) is 0 Å². The highest BCUT2D eigenvalue weighted by Crippen LogP contribution is 2.30. The molecule has 134 valence electrons. The zero-order chi connectivity index (χ0) is 18.0. The fourth-order valence-electron chi connectivity index (χ4n) is 3.25. The molecule has 6 heteroatoms. The van der Waals surface area contributed by atoms with Crippen LogP contribution in [0.5, 0.6) is 0 Å². The monoisotopic (exact) mass is 359 g/mol. The number of piperazine rings is 1. The summed E-state index contributed by atoms with van der Waals surface area (Å²) in [7, 11) is 0. The zero-order valence-electron chi connectivity index (χ0n) is 15.4. The molecular formula is C19H26ClN5. The molecule has 25 heavy (non-hydrogen) atoms. The van der Waals surface area contributed by atoms with Gasteiger partial charge < -0.3 is 15.1 Å². The summed E-state index contributed by atoms with van der Waals surface area (Å²) in [6.07, 6.45) is 0. The molecule has 1 N–H and O–H groups in total. The standard InChI is InChI=1S/C19H26ClN5/c1-5-24-6-8-25(9-7-24)17-12-15(4)21-19(22-17)23-18-14(3)10-13(2)11-16(18)20/h10-12H,5-9H2,1-4H3,(H,21,22,23). The molecular weight excluding hydrogens is 334 g/mol. The molecule has 0 spiro atoms. The lowest BCUT2D eigenvalue weighted by atomic mass is 10.1. The first-order valence-electron chi connectivity index (χ1n) is 8.83. The maximum Gasteiger partial charge on any atom is 0.229 e. The molecule has 1 aromatic carbocycles. The lowest BCUT2D eigenvalue weighted by molar-refractivity contribution is 0.270. The molecule has 1 aliphatic rings. The van der Waals surface area contributed by atoms with Crippen molar-refractivity contribution in [2.75, 3.05) is 42.9 Å². The number of hydrogen-bond acceptors (Lipinski definition) is 5. The Hall–Kier alpha value is -1.85. The van der Waals surface area contributed by atoms with Crippen LogP contribution in [0, 0.1) is 20.8 Å². The lowest BCUT2D eigenvalue weighted by Crippen LogP contribution is -2.46. The Labute approximate surface area is 155 Å². The van der Waals surface area contributed by atoms with E-state index in [1.54, 1.807) is 0 Å². The van der Waals surface area contributed by atoms with E-state index < -0.39 is 0 Å². The summed E-state index contributed by atoms with van der Waals surface area (Å²) in [5.74, 6) is 1.58. The van der Waals surface area contributed by atoms with Gasteiger partial charge in [0.05, 0.1) is 10.7 Å². The van der Waals surface area contributed by atoms with Gasteiger partial charge in [0, 0.05) is 37.9 Å². The molecule has 5 nitrogen and oxygen atoms in total. The molecule has 0 radical (unpaired) electrons. The average Bonchev–Trinajstić information content (AvgIpc) is 2.58. The van der Waals surface area contributed by atoms with Crippen molar-refractivity contribution in [3.8, 4) is 0 Å². The van der Waals surface area contributed by atoms with E-state index in [0.29, 0.717) is 11.0 Å². The third-order valence-corrected chi connectivity index (χ3v) is 4.95. The molecule has 0 unspecified atom stereocenters. The van der Waals surface area contributed by atoms with E-state index in [1.165, 1.54) is 0 Å².